The predicted octanol–water partition coefficient (Wildman–Crippen LogP) is 3.63. The summed E-state index contributed by atoms with van der Waals surface area (Å²) in [5, 5.41) is 0. The van der Waals surface area contributed by atoms with Crippen LogP contribution in [0.1, 0.15) is 20.8 Å². The maximum Gasteiger partial charge on any atom is 0.119 e. The Morgan fingerprint density at radius 1 is 1.33 bits per heavy atom. The minimum atomic E-state index is -0.139. The normalized spacial score (nSPS) is 37.3. The van der Waals surface area contributed by atoms with Gasteiger partial charge in [-0.25, -0.2) is 4.39 Å². The topological polar surface area (TPSA) is 0 Å². The highest BCUT2D eigenvalue weighted by Gasteiger charge is 2.11. The third kappa shape index (κ3) is 2.65. The minimum absolute atomic E-state index is 0.0279. The smallest absolute Gasteiger partial charge is 0.119 e. The third-order valence-electron chi connectivity index (χ3n) is 1.92. The number of halogens is 1. The van der Waals surface area contributed by atoms with E-state index < -0.39 is 0 Å². The molecule has 0 radical (unpaired) electrons. The number of hydrogen-bond donors (Lipinski definition) is 0. The summed E-state index contributed by atoms with van der Waals surface area (Å²) in [6, 6.07) is 0. The molecule has 1 atom stereocenters. The molecule has 0 amide bonds. The van der Waals surface area contributed by atoms with Crippen molar-refractivity contribution in [3.8, 4) is 0 Å². The van der Waals surface area contributed by atoms with Gasteiger partial charge < -0.3 is 0 Å². The summed E-state index contributed by atoms with van der Waals surface area (Å²) >= 11 is 0. The molecule has 1 aliphatic rings. The van der Waals surface area contributed by atoms with Gasteiger partial charge in [0.2, 0.25) is 0 Å². The van der Waals surface area contributed by atoms with Crippen molar-refractivity contribution in [1.82, 2.24) is 0 Å². The van der Waals surface area contributed by atoms with E-state index in [1.165, 1.54) is 0 Å². The van der Waals surface area contributed by atoms with Crippen molar-refractivity contribution in [2.24, 2.45) is 11.3 Å². The first-order chi connectivity index (χ1) is 5.49. The Morgan fingerprint density at radius 2 is 2.00 bits per heavy atom. The molecule has 1 unspecified atom stereocenters. The van der Waals surface area contributed by atoms with Crippen LogP contribution in [0.5, 0.6) is 0 Å². The van der Waals surface area contributed by atoms with Crippen LogP contribution in [0, 0.1) is 11.3 Å². The first-order valence-corrected chi connectivity index (χ1v) is 4.25. The Balaban J connectivity index is 2.95. The van der Waals surface area contributed by atoms with Gasteiger partial charge in [-0.15, -0.1) is 0 Å². The lowest BCUT2D eigenvalue weighted by molar-refractivity contribution is 0.597. The van der Waals surface area contributed by atoms with Crippen molar-refractivity contribution < 1.29 is 4.39 Å². The van der Waals surface area contributed by atoms with Gasteiger partial charge in [-0.2, -0.15) is 0 Å². The van der Waals surface area contributed by atoms with Crippen LogP contribution < -0.4 is 0 Å². The lowest BCUT2D eigenvalue weighted by atomic mass is 9.89. The molecule has 0 N–H and O–H groups in total. The average molecular weight is 166 g/mol. The molecule has 0 spiro atoms. The number of hydrogen-bond acceptors (Lipinski definition) is 0. The molecule has 1 aliphatic carbocycles. The molecule has 0 heterocycles. The van der Waals surface area contributed by atoms with Gasteiger partial charge in [0.1, 0.15) is 5.83 Å². The zero-order valence-corrected chi connectivity index (χ0v) is 7.84. The molecule has 66 valence electrons. The fourth-order valence-corrected chi connectivity index (χ4v) is 1.11. The number of rotatable bonds is 0. The molecule has 1 rings (SSSR count). The molecule has 1 heteroatoms. The van der Waals surface area contributed by atoms with Crippen LogP contribution in [0.4, 0.5) is 4.39 Å². The van der Waals surface area contributed by atoms with Crippen LogP contribution in [0.2, 0.25) is 0 Å². The fraction of sp³-hybridized carbons (Fsp3) is 0.455. The van der Waals surface area contributed by atoms with Crippen molar-refractivity contribution in [3.63, 3.8) is 0 Å². The minimum Gasteiger partial charge on any atom is -0.207 e. The molecule has 0 aliphatic heterocycles. The highest BCUT2D eigenvalue weighted by molar-refractivity contribution is 5.22. The summed E-state index contributed by atoms with van der Waals surface area (Å²) < 4.78 is 13.0. The maximum absolute atomic E-state index is 13.0. The van der Waals surface area contributed by atoms with Crippen LogP contribution in [0.3, 0.4) is 0 Å². The van der Waals surface area contributed by atoms with Crippen LogP contribution >= 0.6 is 0 Å². The van der Waals surface area contributed by atoms with Gasteiger partial charge in [-0.3, -0.25) is 0 Å². The average Bonchev–Trinajstić information content (AvgIpc) is 1.96. The highest BCUT2D eigenvalue weighted by Crippen LogP contribution is 2.24. The second-order valence-electron chi connectivity index (χ2n) is 3.92. The zero-order valence-electron chi connectivity index (χ0n) is 7.84. The highest BCUT2D eigenvalue weighted by atomic mass is 19.1. The van der Waals surface area contributed by atoms with Crippen molar-refractivity contribution in [3.05, 3.63) is 36.2 Å². The summed E-state index contributed by atoms with van der Waals surface area (Å²) in [6.45, 7) is 6.10. The molecule has 0 fully saturated rings. The third-order valence-corrected chi connectivity index (χ3v) is 1.92. The zero-order chi connectivity index (χ0) is 9.19. The fourth-order valence-electron chi connectivity index (χ4n) is 1.11. The van der Waals surface area contributed by atoms with Gasteiger partial charge in [0.05, 0.1) is 0 Å². The molecule has 0 saturated heterocycles. The van der Waals surface area contributed by atoms with E-state index >= 15 is 0 Å². The number of allylic oxidation sites excluding steroid dienone is 6. The van der Waals surface area contributed by atoms with Crippen molar-refractivity contribution in [2.45, 2.75) is 20.8 Å². The van der Waals surface area contributed by atoms with Gasteiger partial charge in [0.15, 0.2) is 0 Å². The van der Waals surface area contributed by atoms with E-state index in [4.69, 9.17) is 0 Å². The quantitative estimate of drug-likeness (QED) is 0.482. The largest absolute Gasteiger partial charge is 0.207 e. The van der Waals surface area contributed by atoms with E-state index in [-0.39, 0.29) is 17.2 Å². The molecule has 0 aromatic rings. The van der Waals surface area contributed by atoms with E-state index in [0.717, 1.165) is 0 Å². The standard InChI is InChI=1S/C11H15F/c1-9-4-6-11(2,3)7-5-10(12)8-9/h4-9H,1-3H3/b6-4-,7-5-,10-8+. The molecule has 0 saturated carbocycles. The monoisotopic (exact) mass is 166 g/mol. The molecule has 0 aromatic heterocycles. The second kappa shape index (κ2) is 3.26. The maximum atomic E-state index is 13.0. The molecular formula is C11H15F. The van der Waals surface area contributed by atoms with Gasteiger partial charge in [-0.05, 0) is 18.1 Å². The van der Waals surface area contributed by atoms with Crippen LogP contribution in [0.25, 0.3) is 0 Å². The van der Waals surface area contributed by atoms with Crippen molar-refractivity contribution >= 4 is 0 Å². The molecule has 0 nitrogen and oxygen atoms in total. The van der Waals surface area contributed by atoms with E-state index in [2.05, 4.69) is 19.9 Å². The van der Waals surface area contributed by atoms with E-state index in [0.29, 0.717) is 0 Å². The second-order valence-corrected chi connectivity index (χ2v) is 3.92. The van der Waals surface area contributed by atoms with Crippen LogP contribution in [-0.4, -0.2) is 0 Å². The van der Waals surface area contributed by atoms with E-state index in [1.54, 1.807) is 12.2 Å². The van der Waals surface area contributed by atoms with Gasteiger partial charge in [0, 0.05) is 5.41 Å². The van der Waals surface area contributed by atoms with E-state index in [1.807, 2.05) is 19.1 Å². The Hall–Kier alpha value is -0.850. The van der Waals surface area contributed by atoms with Gasteiger partial charge >= 0.3 is 0 Å². The van der Waals surface area contributed by atoms with Crippen LogP contribution in [-0.2, 0) is 0 Å². The van der Waals surface area contributed by atoms with E-state index in [9.17, 15) is 4.39 Å². The van der Waals surface area contributed by atoms with Crippen molar-refractivity contribution in [2.75, 3.05) is 0 Å². The Morgan fingerprint density at radius 3 is 2.67 bits per heavy atom. The molecule has 0 bridgehead atoms. The molecule has 12 heavy (non-hydrogen) atoms. The Labute approximate surface area is 73.5 Å². The summed E-state index contributed by atoms with van der Waals surface area (Å²) in [5.74, 6) is 0.0501. The Bertz CT molecular complexity index is 244. The first kappa shape index (κ1) is 9.24. The van der Waals surface area contributed by atoms with Gasteiger partial charge in [-0.1, -0.05) is 39.0 Å². The Kier molecular flexibility index (Phi) is 2.51. The SMILES string of the molecule is CC1/C=C\C(C)(C)/C=C\C(F)=C/1. The predicted molar refractivity (Wildman–Crippen MR) is 50.4 cm³/mol. The first-order valence-electron chi connectivity index (χ1n) is 4.25. The lowest BCUT2D eigenvalue weighted by Crippen LogP contribution is -2.04. The summed E-state index contributed by atoms with van der Waals surface area (Å²) in [7, 11) is 0. The van der Waals surface area contributed by atoms with Crippen molar-refractivity contribution in [1.29, 1.82) is 0 Å². The van der Waals surface area contributed by atoms with Gasteiger partial charge in [0.25, 0.3) is 0 Å². The summed E-state index contributed by atoms with van der Waals surface area (Å²) in [4.78, 5) is 0. The molecular weight excluding hydrogens is 151 g/mol. The lowest BCUT2D eigenvalue weighted by Gasteiger charge is -2.16. The summed E-state index contributed by atoms with van der Waals surface area (Å²) in [5.41, 5.74) is -0.0279. The summed E-state index contributed by atoms with van der Waals surface area (Å²) in [6.07, 6.45) is 9.17. The van der Waals surface area contributed by atoms with Crippen LogP contribution in [0.15, 0.2) is 36.2 Å². The molecule has 0 aromatic carbocycles.